The van der Waals surface area contributed by atoms with E-state index in [1.54, 1.807) is 18.2 Å². The molecular weight excluding hydrogens is 262 g/mol. The summed E-state index contributed by atoms with van der Waals surface area (Å²) in [6.45, 7) is 2.02. The molecule has 0 radical (unpaired) electrons. The summed E-state index contributed by atoms with van der Waals surface area (Å²) >= 11 is 0. The van der Waals surface area contributed by atoms with Gasteiger partial charge in [0.15, 0.2) is 0 Å². The molecule has 5 heteroatoms. The molecule has 3 nitrogen and oxygen atoms in total. The molecule has 1 aromatic carbocycles. The molecule has 0 aliphatic carbocycles. The van der Waals surface area contributed by atoms with Gasteiger partial charge in [-0.05, 0) is 56.5 Å². The number of rotatable bonds is 5. The zero-order valence-electron chi connectivity index (χ0n) is 11.8. The Morgan fingerprint density at radius 2 is 2.25 bits per heavy atom. The fraction of sp³-hybridized carbons (Fsp3) is 0.600. The normalized spacial score (nSPS) is 21.9. The van der Waals surface area contributed by atoms with Gasteiger partial charge in [0.1, 0.15) is 5.75 Å². The van der Waals surface area contributed by atoms with Gasteiger partial charge in [0.2, 0.25) is 0 Å². The molecule has 0 aromatic heterocycles. The molecule has 2 N–H and O–H groups in total. The molecule has 1 aromatic rings. The molecule has 1 aliphatic heterocycles. The Hall–Kier alpha value is -1.20. The molecule has 2 atom stereocenters. The second-order valence-electron chi connectivity index (χ2n) is 5.37. The average Bonchev–Trinajstić information content (AvgIpc) is 2.46. The minimum Gasteiger partial charge on any atom is -0.435 e. The van der Waals surface area contributed by atoms with Gasteiger partial charge in [0.25, 0.3) is 0 Å². The van der Waals surface area contributed by atoms with E-state index >= 15 is 0 Å². The van der Waals surface area contributed by atoms with Crippen molar-refractivity contribution in [3.05, 3.63) is 29.8 Å². The fourth-order valence-electron chi connectivity index (χ4n) is 2.80. The van der Waals surface area contributed by atoms with Crippen molar-refractivity contribution in [3.8, 4) is 5.75 Å². The van der Waals surface area contributed by atoms with Crippen LogP contribution in [0.4, 0.5) is 8.78 Å². The van der Waals surface area contributed by atoms with Crippen LogP contribution in [0.25, 0.3) is 0 Å². The molecule has 0 spiro atoms. The molecule has 2 rings (SSSR count). The van der Waals surface area contributed by atoms with Crippen LogP contribution in [-0.2, 0) is 0 Å². The van der Waals surface area contributed by atoms with Crippen LogP contribution in [-0.4, -0.2) is 31.1 Å². The van der Waals surface area contributed by atoms with E-state index in [0.29, 0.717) is 12.5 Å². The Labute approximate surface area is 118 Å². The topological polar surface area (TPSA) is 38.5 Å². The summed E-state index contributed by atoms with van der Waals surface area (Å²) in [6.07, 6.45) is 2.31. The van der Waals surface area contributed by atoms with E-state index in [-0.39, 0.29) is 11.8 Å². The molecule has 20 heavy (non-hydrogen) atoms. The van der Waals surface area contributed by atoms with Crippen molar-refractivity contribution < 1.29 is 13.5 Å². The minimum atomic E-state index is -2.78. The molecule has 0 saturated carbocycles. The third-order valence-corrected chi connectivity index (χ3v) is 4.00. The third kappa shape index (κ3) is 3.90. The summed E-state index contributed by atoms with van der Waals surface area (Å²) in [5, 5.41) is 0. The predicted molar refractivity (Wildman–Crippen MR) is 74.8 cm³/mol. The lowest BCUT2D eigenvalue weighted by Gasteiger charge is -2.36. The van der Waals surface area contributed by atoms with Crippen molar-refractivity contribution >= 4 is 0 Å². The lowest BCUT2D eigenvalue weighted by molar-refractivity contribution is -0.0499. The third-order valence-electron chi connectivity index (χ3n) is 4.00. The second kappa shape index (κ2) is 6.99. The van der Waals surface area contributed by atoms with Gasteiger partial charge in [-0.2, -0.15) is 8.78 Å². The number of hydrogen-bond donors (Lipinski definition) is 1. The van der Waals surface area contributed by atoms with E-state index in [1.807, 2.05) is 6.07 Å². The van der Waals surface area contributed by atoms with E-state index in [2.05, 4.69) is 16.6 Å². The van der Waals surface area contributed by atoms with Crippen LogP contribution in [0.15, 0.2) is 24.3 Å². The highest BCUT2D eigenvalue weighted by atomic mass is 19.3. The summed E-state index contributed by atoms with van der Waals surface area (Å²) in [7, 11) is 0. The molecule has 1 saturated heterocycles. The number of benzene rings is 1. The number of piperidine rings is 1. The van der Waals surface area contributed by atoms with E-state index in [9.17, 15) is 8.78 Å². The number of nitrogens with zero attached hydrogens (tertiary/aromatic N) is 1. The molecule has 1 fully saturated rings. The van der Waals surface area contributed by atoms with Crippen LogP contribution in [0.2, 0.25) is 0 Å². The van der Waals surface area contributed by atoms with Gasteiger partial charge in [-0.3, -0.25) is 4.90 Å². The van der Waals surface area contributed by atoms with Crippen LogP contribution in [0.5, 0.6) is 5.75 Å². The maximum atomic E-state index is 12.3. The molecular formula is C15H22F2N2O. The smallest absolute Gasteiger partial charge is 0.387 e. The lowest BCUT2D eigenvalue weighted by atomic mass is 9.95. The van der Waals surface area contributed by atoms with Gasteiger partial charge >= 0.3 is 6.61 Å². The minimum absolute atomic E-state index is 0.186. The van der Waals surface area contributed by atoms with Crippen molar-refractivity contribution in [2.75, 3.05) is 19.6 Å². The van der Waals surface area contributed by atoms with E-state index in [0.717, 1.165) is 25.1 Å². The SMILES string of the molecule is CC(c1cccc(OC(F)F)c1)N1CCCC(CN)C1. The predicted octanol–water partition coefficient (Wildman–Crippen LogP) is 3.02. The Kier molecular flexibility index (Phi) is 5.31. The number of halogens is 2. The zero-order chi connectivity index (χ0) is 14.5. The van der Waals surface area contributed by atoms with E-state index in [4.69, 9.17) is 5.73 Å². The Balaban J connectivity index is 2.06. The average molecular weight is 284 g/mol. The summed E-state index contributed by atoms with van der Waals surface area (Å²) in [4.78, 5) is 2.36. The van der Waals surface area contributed by atoms with Gasteiger partial charge < -0.3 is 10.5 Å². The van der Waals surface area contributed by atoms with E-state index in [1.165, 1.54) is 6.42 Å². The highest BCUT2D eigenvalue weighted by Gasteiger charge is 2.23. The monoisotopic (exact) mass is 284 g/mol. The Bertz CT molecular complexity index is 428. The Morgan fingerprint density at radius 3 is 2.95 bits per heavy atom. The largest absolute Gasteiger partial charge is 0.435 e. The maximum Gasteiger partial charge on any atom is 0.387 e. The van der Waals surface area contributed by atoms with Crippen LogP contribution in [0.3, 0.4) is 0 Å². The van der Waals surface area contributed by atoms with Gasteiger partial charge in [-0.1, -0.05) is 12.1 Å². The highest BCUT2D eigenvalue weighted by molar-refractivity contribution is 5.30. The number of ether oxygens (including phenoxy) is 1. The van der Waals surface area contributed by atoms with Crippen molar-refractivity contribution in [1.82, 2.24) is 4.90 Å². The van der Waals surface area contributed by atoms with E-state index < -0.39 is 6.61 Å². The van der Waals surface area contributed by atoms with Gasteiger partial charge in [0.05, 0.1) is 0 Å². The van der Waals surface area contributed by atoms with Crippen molar-refractivity contribution in [1.29, 1.82) is 0 Å². The number of nitrogens with two attached hydrogens (primary N) is 1. The highest BCUT2D eigenvalue weighted by Crippen LogP contribution is 2.28. The van der Waals surface area contributed by atoms with Crippen LogP contribution >= 0.6 is 0 Å². The maximum absolute atomic E-state index is 12.3. The quantitative estimate of drug-likeness (QED) is 0.903. The first kappa shape index (κ1) is 15.2. The standard InChI is InChI=1S/C15H22F2N2O/c1-11(19-7-3-4-12(9-18)10-19)13-5-2-6-14(8-13)20-15(16)17/h2,5-6,8,11-12,15H,3-4,7,9-10,18H2,1H3. The van der Waals surface area contributed by atoms with Crippen molar-refractivity contribution in [3.63, 3.8) is 0 Å². The first-order valence-corrected chi connectivity index (χ1v) is 7.09. The molecule has 2 unspecified atom stereocenters. The summed E-state index contributed by atoms with van der Waals surface area (Å²) in [5.41, 5.74) is 6.75. The Morgan fingerprint density at radius 1 is 1.45 bits per heavy atom. The summed E-state index contributed by atoms with van der Waals surface area (Å²) in [6, 6.07) is 7.15. The van der Waals surface area contributed by atoms with Crippen molar-refractivity contribution in [2.45, 2.75) is 32.4 Å². The molecule has 0 bridgehead atoms. The first-order chi connectivity index (χ1) is 9.60. The fourth-order valence-corrected chi connectivity index (χ4v) is 2.80. The van der Waals surface area contributed by atoms with Crippen LogP contribution < -0.4 is 10.5 Å². The van der Waals surface area contributed by atoms with Crippen LogP contribution in [0, 0.1) is 5.92 Å². The van der Waals surface area contributed by atoms with Gasteiger partial charge in [0, 0.05) is 12.6 Å². The first-order valence-electron chi connectivity index (χ1n) is 7.09. The summed E-state index contributed by atoms with van der Waals surface area (Å²) in [5.74, 6) is 0.753. The van der Waals surface area contributed by atoms with Crippen molar-refractivity contribution in [2.24, 2.45) is 11.7 Å². The lowest BCUT2D eigenvalue weighted by Crippen LogP contribution is -2.39. The van der Waals surface area contributed by atoms with Crippen LogP contribution in [0.1, 0.15) is 31.4 Å². The second-order valence-corrected chi connectivity index (χ2v) is 5.37. The zero-order valence-corrected chi connectivity index (χ0v) is 11.8. The van der Waals surface area contributed by atoms with Gasteiger partial charge in [-0.25, -0.2) is 0 Å². The number of hydrogen-bond acceptors (Lipinski definition) is 3. The van der Waals surface area contributed by atoms with Gasteiger partial charge in [-0.15, -0.1) is 0 Å². The molecule has 1 heterocycles. The summed E-state index contributed by atoms with van der Waals surface area (Å²) < 4.78 is 29.0. The molecule has 0 amide bonds. The number of likely N-dealkylation sites (tertiary alicyclic amines) is 1. The molecule has 1 aliphatic rings. The molecule has 112 valence electrons. The number of alkyl halides is 2.